The van der Waals surface area contributed by atoms with Gasteiger partial charge < -0.3 is 0 Å². The Balaban J connectivity index is 2.02. The summed E-state index contributed by atoms with van der Waals surface area (Å²) in [6.07, 6.45) is 0. The van der Waals surface area contributed by atoms with Crippen LogP contribution in [0.1, 0.15) is 0 Å². The van der Waals surface area contributed by atoms with E-state index < -0.39 is 170 Å². The molecule has 0 saturated heterocycles. The second kappa shape index (κ2) is 11.7. The highest BCUT2D eigenvalue weighted by Gasteiger charge is 2.45. The van der Waals surface area contributed by atoms with E-state index in [1.54, 1.807) is 0 Å². The molecule has 0 saturated carbocycles. The molecule has 6 aromatic carbocycles. The second-order valence-electron chi connectivity index (χ2n) is 10.3. The molecule has 0 aliphatic carbocycles. The lowest BCUT2D eigenvalue weighted by Crippen LogP contribution is -2.57. The number of hydrogen-bond donors (Lipinski definition) is 0. The average Bonchev–Trinajstić information content (AvgIpc) is 3.07. The first-order valence-electron chi connectivity index (χ1n) is 12.9. The van der Waals surface area contributed by atoms with Crippen LogP contribution in [0.25, 0.3) is 32.3 Å². The maximum absolute atomic E-state index is 16.2. The molecule has 20 heteroatoms. The smallest absolute Gasteiger partial charge is 0.207 e. The topological polar surface area (TPSA) is 0 Å². The molecule has 0 spiro atoms. The predicted octanol–water partition coefficient (Wildman–Crippen LogP) is 8.31. The Labute approximate surface area is 265 Å². The Morgan fingerprint density at radius 1 is 0.260 bits per heavy atom. The summed E-state index contributed by atoms with van der Waals surface area (Å²) in [4.78, 5) is 0. The minimum absolute atomic E-state index is 0.312. The Hall–Kier alpha value is -4.70. The van der Waals surface area contributed by atoms with Crippen molar-refractivity contribution in [2.24, 2.45) is 0 Å². The molecule has 0 heterocycles. The van der Waals surface area contributed by atoms with Gasteiger partial charge in [0.25, 0.3) is 0 Å². The van der Waals surface area contributed by atoms with Crippen molar-refractivity contribution in [1.82, 2.24) is 0 Å². The van der Waals surface area contributed by atoms with Gasteiger partial charge in [-0.15, -0.1) is 0 Å². The molecule has 0 atom stereocenters. The molecule has 0 fully saturated rings. The van der Waals surface area contributed by atoms with Crippen molar-refractivity contribution >= 4 is 59.7 Å². The fraction of sp³-hybridized carbons (Fsp3) is 0. The van der Waals surface area contributed by atoms with Crippen LogP contribution in [0.2, 0.25) is 0 Å². The zero-order chi connectivity index (χ0) is 37.2. The summed E-state index contributed by atoms with van der Waals surface area (Å²) in [6.45, 7) is 0. The van der Waals surface area contributed by atoms with Crippen molar-refractivity contribution in [3.05, 3.63) is 123 Å². The van der Waals surface area contributed by atoms with E-state index in [9.17, 15) is 48.3 Å². The van der Waals surface area contributed by atoms with Crippen LogP contribution in [0.4, 0.5) is 83.4 Å². The molecule has 258 valence electrons. The summed E-state index contributed by atoms with van der Waals surface area (Å²) in [7, 11) is 0. The zero-order valence-electron chi connectivity index (χ0n) is 22.9. The van der Waals surface area contributed by atoms with Gasteiger partial charge in [-0.3, -0.25) is 0 Å². The quantitative estimate of drug-likeness (QED) is 0.0562. The van der Waals surface area contributed by atoms with Gasteiger partial charge in [0.05, 0.1) is 21.5 Å². The highest BCUT2D eigenvalue weighted by molar-refractivity contribution is 6.98. The summed E-state index contributed by atoms with van der Waals surface area (Å²) in [6, 6.07) is -0.630. The van der Waals surface area contributed by atoms with E-state index in [2.05, 4.69) is 0 Å². The molecule has 0 aliphatic heterocycles. The monoisotopic (exact) mass is 750 g/mol. The van der Waals surface area contributed by atoms with Crippen LogP contribution in [0.3, 0.4) is 0 Å². The van der Waals surface area contributed by atoms with Gasteiger partial charge in [-0.05, 0) is 6.07 Å². The third kappa shape index (κ3) is 4.49. The maximum atomic E-state index is 16.2. The molecule has 6 rings (SSSR count). The lowest BCUT2D eigenvalue weighted by atomic mass is 9.99. The van der Waals surface area contributed by atoms with Crippen LogP contribution >= 0.6 is 0 Å². The van der Waals surface area contributed by atoms with Crippen molar-refractivity contribution in [1.29, 1.82) is 0 Å². The number of fused-ring (bicyclic) bond motifs is 3. The van der Waals surface area contributed by atoms with E-state index in [-0.39, 0.29) is 12.1 Å². The fourth-order valence-corrected chi connectivity index (χ4v) is 9.22. The van der Waals surface area contributed by atoms with Gasteiger partial charge in [-0.1, -0.05) is 13.3 Å². The Morgan fingerprint density at radius 3 is 0.940 bits per heavy atom. The van der Waals surface area contributed by atoms with Gasteiger partial charge in [0.1, 0.15) is 23.3 Å². The summed E-state index contributed by atoms with van der Waals surface area (Å²) in [5.74, 6) is -53.7. The predicted molar refractivity (Wildman–Crippen MR) is 136 cm³/mol. The maximum Gasteiger partial charge on any atom is 0.400 e. The molecule has 50 heavy (non-hydrogen) atoms. The number of benzene rings is 6. The summed E-state index contributed by atoms with van der Waals surface area (Å²) >= 11 is -6.05. The first-order chi connectivity index (χ1) is 23.3. The van der Waals surface area contributed by atoms with Crippen LogP contribution in [-0.2, 0) is 0 Å². The van der Waals surface area contributed by atoms with Gasteiger partial charge in [0.2, 0.25) is 0 Å². The standard InChI is InChI=1S/C14F9.C10F7.C6H2F3.Al/c15-3-1-2-4(10(19)8(3)17)9(18)6-5(7(2)16)11(20)13(22)14(23)12(6)21;11-3-1-2-4(7(14)6(3)13)8(15)10(17)9(16)5(2)12;7-4-1-2-5(8)6(9)3-4;/h;;1,3H;. The molecule has 0 radical (unpaired) electrons. The summed E-state index contributed by atoms with van der Waals surface area (Å²) in [5.41, 5.74) is 0. The van der Waals surface area contributed by atoms with E-state index in [0.717, 1.165) is 0 Å². The first kappa shape index (κ1) is 35.1. The summed E-state index contributed by atoms with van der Waals surface area (Å²) in [5, 5.41) is -14.3. The van der Waals surface area contributed by atoms with Crippen LogP contribution in [-0.4, -0.2) is 14.1 Å². The van der Waals surface area contributed by atoms with Crippen LogP contribution in [0.5, 0.6) is 0 Å². The second-order valence-corrected chi connectivity index (χ2v) is 13.0. The van der Waals surface area contributed by atoms with E-state index in [1.165, 1.54) is 0 Å². The molecule has 0 nitrogen and oxygen atoms in total. The SMILES string of the molecule is Fc1cc(F)c(F)[c]([Al]([c]2c(F)c(F)c(F)c3c(F)c(F)c(F)c(F)c23)[c]2c(F)c(F)c(F)c3c(F)c4c(F)c(F)c(F)c(F)c4c(F)c23)c1. The van der Waals surface area contributed by atoms with Crippen molar-refractivity contribution in [3.8, 4) is 0 Å². The highest BCUT2D eigenvalue weighted by Crippen LogP contribution is 2.39. The molecular formula is C30H2AlF19. The van der Waals surface area contributed by atoms with Gasteiger partial charge in [0.15, 0.2) is 87.3 Å². The minimum atomic E-state index is -6.05. The van der Waals surface area contributed by atoms with Gasteiger partial charge in [-0.2, -0.15) is 0 Å². The number of rotatable bonds is 3. The molecule has 0 amide bonds. The largest absolute Gasteiger partial charge is 0.400 e. The molecule has 0 unspecified atom stereocenters. The normalized spacial score (nSPS) is 11.9. The van der Waals surface area contributed by atoms with E-state index in [0.29, 0.717) is 0 Å². The van der Waals surface area contributed by atoms with Gasteiger partial charge >= 0.3 is 14.1 Å². The van der Waals surface area contributed by atoms with E-state index in [1.807, 2.05) is 0 Å². The van der Waals surface area contributed by atoms with Crippen molar-refractivity contribution in [2.45, 2.75) is 0 Å². The Bertz CT molecular complexity index is 2540. The Kier molecular flexibility index (Phi) is 8.21. The molecular weight excluding hydrogens is 748 g/mol. The number of halogens is 19. The molecule has 0 aromatic heterocycles. The van der Waals surface area contributed by atoms with Crippen LogP contribution in [0, 0.1) is 111 Å². The molecule has 0 N–H and O–H groups in total. The zero-order valence-corrected chi connectivity index (χ0v) is 24.1. The first-order valence-corrected chi connectivity index (χ1v) is 14.6. The van der Waals surface area contributed by atoms with Crippen LogP contribution < -0.4 is 13.3 Å². The third-order valence-electron chi connectivity index (χ3n) is 7.79. The molecule has 0 aliphatic rings. The van der Waals surface area contributed by atoms with Crippen LogP contribution in [0.15, 0.2) is 12.1 Å². The van der Waals surface area contributed by atoms with E-state index in [4.69, 9.17) is 0 Å². The minimum Gasteiger partial charge on any atom is -0.207 e. The highest BCUT2D eigenvalue weighted by atomic mass is 27.2. The fourth-order valence-electron chi connectivity index (χ4n) is 5.71. The van der Waals surface area contributed by atoms with E-state index >= 15 is 35.1 Å². The number of hydrogen-bond acceptors (Lipinski definition) is 0. The lowest BCUT2D eigenvalue weighted by molar-refractivity contribution is 0.411. The Morgan fingerprint density at radius 2 is 0.540 bits per heavy atom. The molecule has 6 aromatic rings. The average molecular weight is 750 g/mol. The third-order valence-corrected chi connectivity index (χ3v) is 11.1. The lowest BCUT2D eigenvalue weighted by Gasteiger charge is -2.23. The van der Waals surface area contributed by atoms with Crippen molar-refractivity contribution in [3.63, 3.8) is 0 Å². The van der Waals surface area contributed by atoms with Crippen molar-refractivity contribution < 1.29 is 83.4 Å². The van der Waals surface area contributed by atoms with Crippen molar-refractivity contribution in [2.75, 3.05) is 0 Å². The summed E-state index contributed by atoms with van der Waals surface area (Å²) < 4.78 is 278. The van der Waals surface area contributed by atoms with Gasteiger partial charge in [-0.25, -0.2) is 83.4 Å². The molecule has 0 bridgehead atoms. The van der Waals surface area contributed by atoms with Gasteiger partial charge in [0, 0.05) is 16.8 Å².